The number of likely N-dealkylation sites (tertiary alicyclic amines) is 1. The Morgan fingerprint density at radius 1 is 0.848 bits per heavy atom. The third kappa shape index (κ3) is 5.01. The van der Waals surface area contributed by atoms with Crippen LogP contribution in [0.3, 0.4) is 0 Å². The van der Waals surface area contributed by atoms with Crippen LogP contribution >= 0.6 is 0 Å². The van der Waals surface area contributed by atoms with E-state index in [-0.39, 0.29) is 0 Å². The molecular formula is C26H30N6O. The Morgan fingerprint density at radius 2 is 1.61 bits per heavy atom. The maximum Gasteiger partial charge on any atom is 0.140 e. The van der Waals surface area contributed by atoms with Gasteiger partial charge in [0.1, 0.15) is 24.5 Å². The Balaban J connectivity index is 1.22. The summed E-state index contributed by atoms with van der Waals surface area (Å²) in [6.07, 6.45) is 5.62. The molecule has 3 aromatic rings. The van der Waals surface area contributed by atoms with E-state index >= 15 is 0 Å². The molecule has 3 heterocycles. The maximum absolute atomic E-state index is 9.01. The smallest absolute Gasteiger partial charge is 0.140 e. The number of rotatable bonds is 6. The number of hydrogen-bond acceptors (Lipinski definition) is 7. The zero-order valence-electron chi connectivity index (χ0n) is 19.0. The first-order chi connectivity index (χ1) is 16.3. The molecule has 2 aliphatic rings. The number of anilines is 2. The van der Waals surface area contributed by atoms with Gasteiger partial charge in [0.05, 0.1) is 17.1 Å². The van der Waals surface area contributed by atoms with E-state index < -0.39 is 0 Å². The van der Waals surface area contributed by atoms with Gasteiger partial charge in [0, 0.05) is 49.9 Å². The van der Waals surface area contributed by atoms with Crippen LogP contribution in [0.4, 0.5) is 11.5 Å². The summed E-state index contributed by atoms with van der Waals surface area (Å²) in [6.45, 7) is 7.67. The summed E-state index contributed by atoms with van der Waals surface area (Å²) in [5, 5.41) is 10.1. The Hall–Kier alpha value is -3.37. The molecule has 1 aromatic heterocycles. The Bertz CT molecular complexity index is 1110. The van der Waals surface area contributed by atoms with Crippen LogP contribution in [0, 0.1) is 11.3 Å². The third-order valence-electron chi connectivity index (χ3n) is 6.65. The van der Waals surface area contributed by atoms with Crippen LogP contribution in [0.25, 0.3) is 10.9 Å². The molecule has 0 spiro atoms. The average Bonchev–Trinajstić information content (AvgIpc) is 2.89. The number of benzene rings is 2. The number of ether oxygens (including phenoxy) is 1. The van der Waals surface area contributed by atoms with Gasteiger partial charge in [-0.15, -0.1) is 0 Å². The standard InChI is InChI=1S/C26H30N6O/c27-19-21-4-6-22(7-5-21)31-12-14-32(15-13-31)26-24-9-8-23(18-25(24)28-20-29-26)33-17-16-30-10-2-1-3-11-30/h4-9,18,20H,1-3,10-17H2. The first-order valence-corrected chi connectivity index (χ1v) is 11.9. The molecule has 5 rings (SSSR count). The van der Waals surface area contributed by atoms with Crippen molar-refractivity contribution in [2.45, 2.75) is 19.3 Å². The fourth-order valence-electron chi connectivity index (χ4n) is 4.76. The van der Waals surface area contributed by atoms with Gasteiger partial charge in [0.25, 0.3) is 0 Å². The summed E-state index contributed by atoms with van der Waals surface area (Å²) >= 11 is 0. The van der Waals surface area contributed by atoms with Gasteiger partial charge in [0.2, 0.25) is 0 Å². The molecule has 0 N–H and O–H groups in total. The number of nitriles is 1. The molecule has 2 fully saturated rings. The molecule has 7 heteroatoms. The highest BCUT2D eigenvalue weighted by Gasteiger charge is 2.20. The highest BCUT2D eigenvalue weighted by atomic mass is 16.5. The topological polar surface area (TPSA) is 68.5 Å². The molecule has 0 bridgehead atoms. The minimum atomic E-state index is 0.694. The highest BCUT2D eigenvalue weighted by molar-refractivity contribution is 5.90. The molecule has 2 aliphatic heterocycles. The lowest BCUT2D eigenvalue weighted by molar-refractivity contribution is 0.183. The number of piperidine rings is 1. The summed E-state index contributed by atoms with van der Waals surface area (Å²) in [5.74, 6) is 1.86. The van der Waals surface area contributed by atoms with E-state index in [2.05, 4.69) is 36.8 Å². The van der Waals surface area contributed by atoms with Crippen LogP contribution in [0.5, 0.6) is 5.75 Å². The third-order valence-corrected chi connectivity index (χ3v) is 6.65. The van der Waals surface area contributed by atoms with Crippen molar-refractivity contribution < 1.29 is 4.74 Å². The summed E-state index contributed by atoms with van der Waals surface area (Å²) in [5.41, 5.74) is 2.78. The quantitative estimate of drug-likeness (QED) is 0.577. The molecule has 33 heavy (non-hydrogen) atoms. The largest absolute Gasteiger partial charge is 0.492 e. The van der Waals surface area contributed by atoms with E-state index in [1.807, 2.05) is 36.4 Å². The van der Waals surface area contributed by atoms with E-state index in [4.69, 9.17) is 10.00 Å². The van der Waals surface area contributed by atoms with Gasteiger partial charge in [-0.2, -0.15) is 5.26 Å². The van der Waals surface area contributed by atoms with Crippen molar-refractivity contribution in [2.75, 3.05) is 62.2 Å². The number of fused-ring (bicyclic) bond motifs is 1. The minimum Gasteiger partial charge on any atom is -0.492 e. The van der Waals surface area contributed by atoms with Crippen molar-refractivity contribution >= 4 is 22.4 Å². The molecule has 170 valence electrons. The van der Waals surface area contributed by atoms with Crippen LogP contribution in [0.15, 0.2) is 48.8 Å². The van der Waals surface area contributed by atoms with Gasteiger partial charge >= 0.3 is 0 Å². The fourth-order valence-corrected chi connectivity index (χ4v) is 4.76. The van der Waals surface area contributed by atoms with Gasteiger partial charge in [-0.3, -0.25) is 4.90 Å². The van der Waals surface area contributed by atoms with Crippen molar-refractivity contribution in [3.8, 4) is 11.8 Å². The summed E-state index contributed by atoms with van der Waals surface area (Å²) in [7, 11) is 0. The Labute approximate surface area is 195 Å². The highest BCUT2D eigenvalue weighted by Crippen LogP contribution is 2.28. The number of nitrogens with zero attached hydrogens (tertiary/aromatic N) is 6. The normalized spacial score (nSPS) is 17.2. The second kappa shape index (κ2) is 10.1. The van der Waals surface area contributed by atoms with Crippen LogP contribution < -0.4 is 14.5 Å². The van der Waals surface area contributed by atoms with Crippen LogP contribution in [0.1, 0.15) is 24.8 Å². The average molecular weight is 443 g/mol. The SMILES string of the molecule is N#Cc1ccc(N2CCN(c3ncnc4cc(OCCN5CCCCC5)ccc34)CC2)cc1. The molecular weight excluding hydrogens is 412 g/mol. The number of hydrogen-bond donors (Lipinski definition) is 0. The molecule has 7 nitrogen and oxygen atoms in total. The van der Waals surface area contributed by atoms with Crippen LogP contribution in [-0.2, 0) is 0 Å². The lowest BCUT2D eigenvalue weighted by atomic mass is 10.1. The number of piperazine rings is 1. The first kappa shape index (κ1) is 21.5. The van der Waals surface area contributed by atoms with Gasteiger partial charge in [0.15, 0.2) is 0 Å². The van der Waals surface area contributed by atoms with Crippen molar-refractivity contribution in [3.63, 3.8) is 0 Å². The Kier molecular flexibility index (Phi) is 6.54. The van der Waals surface area contributed by atoms with Gasteiger partial charge in [-0.25, -0.2) is 9.97 Å². The van der Waals surface area contributed by atoms with E-state index in [1.165, 1.54) is 32.4 Å². The van der Waals surface area contributed by atoms with Crippen molar-refractivity contribution in [3.05, 3.63) is 54.4 Å². The molecule has 0 aliphatic carbocycles. The zero-order valence-corrected chi connectivity index (χ0v) is 19.0. The summed E-state index contributed by atoms with van der Waals surface area (Å²) in [6, 6.07) is 16.2. The molecule has 2 aromatic carbocycles. The van der Waals surface area contributed by atoms with E-state index in [0.29, 0.717) is 12.2 Å². The first-order valence-electron chi connectivity index (χ1n) is 11.9. The monoisotopic (exact) mass is 442 g/mol. The van der Waals surface area contributed by atoms with Crippen LogP contribution in [0.2, 0.25) is 0 Å². The lowest BCUT2D eigenvalue weighted by Gasteiger charge is -2.37. The second-order valence-electron chi connectivity index (χ2n) is 8.76. The van der Waals surface area contributed by atoms with Crippen molar-refractivity contribution in [1.29, 1.82) is 5.26 Å². The maximum atomic E-state index is 9.01. The van der Waals surface area contributed by atoms with E-state index in [9.17, 15) is 0 Å². The van der Waals surface area contributed by atoms with Gasteiger partial charge in [-0.05, 0) is 62.3 Å². The van der Waals surface area contributed by atoms with E-state index in [0.717, 1.165) is 60.9 Å². The molecule has 0 saturated carbocycles. The van der Waals surface area contributed by atoms with Gasteiger partial charge < -0.3 is 14.5 Å². The minimum absolute atomic E-state index is 0.694. The second-order valence-corrected chi connectivity index (χ2v) is 8.76. The summed E-state index contributed by atoms with van der Waals surface area (Å²) < 4.78 is 6.04. The lowest BCUT2D eigenvalue weighted by Crippen LogP contribution is -2.46. The molecule has 0 radical (unpaired) electrons. The Morgan fingerprint density at radius 3 is 2.36 bits per heavy atom. The van der Waals surface area contributed by atoms with Crippen molar-refractivity contribution in [1.82, 2.24) is 14.9 Å². The van der Waals surface area contributed by atoms with E-state index in [1.54, 1.807) is 6.33 Å². The zero-order chi connectivity index (χ0) is 22.5. The molecule has 2 saturated heterocycles. The predicted molar refractivity (Wildman–Crippen MR) is 131 cm³/mol. The van der Waals surface area contributed by atoms with Crippen molar-refractivity contribution in [2.24, 2.45) is 0 Å². The molecule has 0 unspecified atom stereocenters. The number of aromatic nitrogens is 2. The van der Waals surface area contributed by atoms with Crippen LogP contribution in [-0.4, -0.2) is 67.3 Å². The predicted octanol–water partition coefficient (Wildman–Crippen LogP) is 3.69. The summed E-state index contributed by atoms with van der Waals surface area (Å²) in [4.78, 5) is 16.3. The fraction of sp³-hybridized carbons (Fsp3) is 0.423. The molecule has 0 atom stereocenters. The van der Waals surface area contributed by atoms with Gasteiger partial charge in [-0.1, -0.05) is 6.42 Å². The molecule has 0 amide bonds.